The van der Waals surface area contributed by atoms with Gasteiger partial charge in [0.15, 0.2) is 5.71 Å². The van der Waals surface area contributed by atoms with Gasteiger partial charge in [0, 0.05) is 17.6 Å². The third kappa shape index (κ3) is 4.89. The molecule has 0 saturated heterocycles. The number of aromatic nitrogens is 2. The monoisotopic (exact) mass is 444 g/mol. The number of carbonyl (C=O) groups excluding carboxylic acids is 1. The molecule has 0 saturated carbocycles. The van der Waals surface area contributed by atoms with Gasteiger partial charge in [-0.1, -0.05) is 35.0 Å². The van der Waals surface area contributed by atoms with E-state index in [-0.39, 0.29) is 22.9 Å². The maximum atomic E-state index is 15.0. The van der Waals surface area contributed by atoms with Gasteiger partial charge in [0.2, 0.25) is 5.82 Å². The largest absolute Gasteiger partial charge is 0.436 e. The molecule has 8 nitrogen and oxygen atoms in total. The fraction of sp³-hybridized carbons (Fsp3) is 0.143. The smallest absolute Gasteiger partial charge is 0.273 e. The molecule has 1 amide bonds. The summed E-state index contributed by atoms with van der Waals surface area (Å²) in [6, 6.07) is 11.4. The molecule has 2 aromatic carbocycles. The van der Waals surface area contributed by atoms with Gasteiger partial charge in [-0.25, -0.2) is 0 Å². The molecule has 0 bridgehead atoms. The first-order chi connectivity index (χ1) is 15.0. The van der Waals surface area contributed by atoms with Gasteiger partial charge in [-0.2, -0.15) is 14.4 Å². The maximum absolute atomic E-state index is 15.0. The highest BCUT2D eigenvalue weighted by atomic mass is 35.5. The Labute approximate surface area is 182 Å². The number of carbonyl (C=O) groups is 1. The predicted octanol–water partition coefficient (Wildman–Crippen LogP) is 4.26. The summed E-state index contributed by atoms with van der Waals surface area (Å²) >= 11 is 6.08. The van der Waals surface area contributed by atoms with Crippen molar-refractivity contribution in [2.24, 2.45) is 5.16 Å². The number of ether oxygens (including phenoxy) is 2. The molecule has 0 radical (unpaired) electrons. The normalized spacial score (nSPS) is 11.1. The van der Waals surface area contributed by atoms with E-state index < -0.39 is 17.6 Å². The Balaban J connectivity index is 1.96. The quantitative estimate of drug-likeness (QED) is 0.432. The number of oxime groups is 1. The molecule has 3 rings (SSSR count). The van der Waals surface area contributed by atoms with E-state index in [1.54, 1.807) is 43.3 Å². The molecular weight excluding hydrogens is 427 g/mol. The van der Waals surface area contributed by atoms with E-state index in [1.165, 1.54) is 20.2 Å². The minimum Gasteiger partial charge on any atom is -0.436 e. The zero-order valence-electron chi connectivity index (χ0n) is 16.8. The van der Waals surface area contributed by atoms with Gasteiger partial charge in [-0.05, 0) is 31.2 Å². The standard InChI is InChI=1S/C21H18ClFN4O4/c1-12-14(22)8-6-10-15(12)30-20-17(23)21(26-11-25-20)31-16-9-5-4-7-13(16)18(27-29-3)19(28)24-2/h4-11H,1-3H3,(H,24,28). The van der Waals surface area contributed by atoms with Crippen molar-refractivity contribution >= 4 is 23.2 Å². The molecule has 0 unspecified atom stereocenters. The van der Waals surface area contributed by atoms with Crippen LogP contribution in [0.1, 0.15) is 11.1 Å². The number of amides is 1. The van der Waals surface area contributed by atoms with Crippen LogP contribution in [0, 0.1) is 12.7 Å². The van der Waals surface area contributed by atoms with Gasteiger partial charge in [-0.15, -0.1) is 0 Å². The first-order valence-electron chi connectivity index (χ1n) is 9.00. The Morgan fingerprint density at radius 2 is 1.71 bits per heavy atom. The van der Waals surface area contributed by atoms with Crippen molar-refractivity contribution in [2.45, 2.75) is 6.92 Å². The molecule has 1 aromatic heterocycles. The van der Waals surface area contributed by atoms with Crippen molar-refractivity contribution in [1.82, 2.24) is 15.3 Å². The van der Waals surface area contributed by atoms with E-state index in [0.29, 0.717) is 16.3 Å². The Morgan fingerprint density at radius 3 is 2.39 bits per heavy atom. The molecule has 160 valence electrons. The molecule has 1 N–H and O–H groups in total. The Hall–Kier alpha value is -3.72. The molecule has 0 aliphatic rings. The summed E-state index contributed by atoms with van der Waals surface area (Å²) in [4.78, 5) is 24.6. The SMILES string of the molecule is CNC(=O)C(=NOC)c1ccccc1Oc1ncnc(Oc2cccc(Cl)c2C)c1F. The highest BCUT2D eigenvalue weighted by Crippen LogP contribution is 2.33. The lowest BCUT2D eigenvalue weighted by Crippen LogP contribution is -2.28. The van der Waals surface area contributed by atoms with Gasteiger partial charge >= 0.3 is 0 Å². The number of halogens is 2. The summed E-state index contributed by atoms with van der Waals surface area (Å²) in [6.45, 7) is 1.74. The fourth-order valence-electron chi connectivity index (χ4n) is 2.56. The minimum absolute atomic E-state index is 0.0545. The second-order valence-corrected chi connectivity index (χ2v) is 6.47. The highest BCUT2D eigenvalue weighted by molar-refractivity contribution is 6.45. The highest BCUT2D eigenvalue weighted by Gasteiger charge is 2.22. The zero-order chi connectivity index (χ0) is 22.4. The number of nitrogens with one attached hydrogen (secondary N) is 1. The average Bonchev–Trinajstić information content (AvgIpc) is 2.78. The first kappa shape index (κ1) is 22.0. The topological polar surface area (TPSA) is 94.9 Å². The second-order valence-electron chi connectivity index (χ2n) is 6.06. The van der Waals surface area contributed by atoms with Crippen molar-refractivity contribution in [3.05, 3.63) is 70.8 Å². The lowest BCUT2D eigenvalue weighted by Gasteiger charge is -2.13. The van der Waals surface area contributed by atoms with Crippen LogP contribution in [0.25, 0.3) is 0 Å². The Morgan fingerprint density at radius 1 is 1.06 bits per heavy atom. The maximum Gasteiger partial charge on any atom is 0.273 e. The van der Waals surface area contributed by atoms with Crippen molar-refractivity contribution in [3.8, 4) is 23.3 Å². The molecule has 0 fully saturated rings. The molecule has 0 atom stereocenters. The molecule has 31 heavy (non-hydrogen) atoms. The molecule has 0 spiro atoms. The second kappa shape index (κ2) is 9.86. The summed E-state index contributed by atoms with van der Waals surface area (Å²) in [5.74, 6) is -1.71. The minimum atomic E-state index is -0.929. The van der Waals surface area contributed by atoms with Crippen LogP contribution in [0.4, 0.5) is 4.39 Å². The van der Waals surface area contributed by atoms with Crippen LogP contribution in [0.2, 0.25) is 5.02 Å². The summed E-state index contributed by atoms with van der Waals surface area (Å²) in [6.07, 6.45) is 1.10. The lowest BCUT2D eigenvalue weighted by atomic mass is 10.1. The number of nitrogens with zero attached hydrogens (tertiary/aromatic N) is 3. The van der Waals surface area contributed by atoms with Gasteiger partial charge in [0.05, 0.1) is 5.56 Å². The summed E-state index contributed by atoms with van der Waals surface area (Å²) < 4.78 is 26.3. The summed E-state index contributed by atoms with van der Waals surface area (Å²) in [7, 11) is 2.75. The van der Waals surface area contributed by atoms with Crippen LogP contribution < -0.4 is 14.8 Å². The zero-order valence-corrected chi connectivity index (χ0v) is 17.6. The predicted molar refractivity (Wildman–Crippen MR) is 112 cm³/mol. The Kier molecular flexibility index (Phi) is 6.99. The van der Waals surface area contributed by atoms with Crippen molar-refractivity contribution in [3.63, 3.8) is 0 Å². The lowest BCUT2D eigenvalue weighted by molar-refractivity contribution is -0.114. The molecule has 0 aliphatic carbocycles. The number of benzene rings is 2. The number of rotatable bonds is 7. The molecule has 3 aromatic rings. The van der Waals surface area contributed by atoms with Crippen LogP contribution in [0.15, 0.2) is 53.9 Å². The van der Waals surface area contributed by atoms with E-state index in [9.17, 15) is 4.79 Å². The van der Waals surface area contributed by atoms with Crippen LogP contribution in [0.3, 0.4) is 0 Å². The summed E-state index contributed by atoms with van der Waals surface area (Å²) in [5.41, 5.74) is 0.844. The van der Waals surface area contributed by atoms with E-state index in [2.05, 4.69) is 20.4 Å². The Bertz CT molecular complexity index is 1140. The number of hydrogen-bond donors (Lipinski definition) is 1. The van der Waals surface area contributed by atoms with E-state index >= 15 is 4.39 Å². The number of para-hydroxylation sites is 1. The van der Waals surface area contributed by atoms with Crippen LogP contribution in [-0.4, -0.2) is 35.7 Å². The van der Waals surface area contributed by atoms with E-state index in [1.807, 2.05) is 0 Å². The van der Waals surface area contributed by atoms with Gasteiger partial charge in [-0.3, -0.25) is 4.79 Å². The average molecular weight is 445 g/mol. The van der Waals surface area contributed by atoms with Gasteiger partial charge < -0.3 is 19.6 Å². The third-order valence-electron chi connectivity index (χ3n) is 4.12. The molecule has 10 heteroatoms. The van der Waals surface area contributed by atoms with E-state index in [0.717, 1.165) is 6.33 Å². The first-order valence-corrected chi connectivity index (χ1v) is 9.38. The molecule has 0 aliphatic heterocycles. The van der Waals surface area contributed by atoms with Crippen molar-refractivity contribution in [2.75, 3.05) is 14.2 Å². The third-order valence-corrected chi connectivity index (χ3v) is 4.53. The summed E-state index contributed by atoms with van der Waals surface area (Å²) in [5, 5.41) is 6.67. The van der Waals surface area contributed by atoms with Crippen LogP contribution >= 0.6 is 11.6 Å². The number of hydrogen-bond acceptors (Lipinski definition) is 7. The molecule has 1 heterocycles. The van der Waals surface area contributed by atoms with Gasteiger partial charge in [0.1, 0.15) is 24.9 Å². The fourth-order valence-corrected chi connectivity index (χ4v) is 2.73. The molecular formula is C21H18ClFN4O4. The van der Waals surface area contributed by atoms with E-state index in [4.69, 9.17) is 25.9 Å². The van der Waals surface area contributed by atoms with Crippen molar-refractivity contribution < 1.29 is 23.5 Å². The van der Waals surface area contributed by atoms with Crippen LogP contribution in [-0.2, 0) is 9.63 Å². The van der Waals surface area contributed by atoms with Crippen LogP contribution in [0.5, 0.6) is 23.3 Å². The number of likely N-dealkylation sites (N-methyl/N-ethyl adjacent to an activating group) is 1. The van der Waals surface area contributed by atoms with Crippen molar-refractivity contribution in [1.29, 1.82) is 0 Å². The van der Waals surface area contributed by atoms with Gasteiger partial charge in [0.25, 0.3) is 17.7 Å².